The molecule has 0 bridgehead atoms. The van der Waals surface area contributed by atoms with Gasteiger partial charge >= 0.3 is 0 Å². The van der Waals surface area contributed by atoms with Crippen molar-refractivity contribution in [2.75, 3.05) is 13.1 Å². The van der Waals surface area contributed by atoms with Gasteiger partial charge in [-0.15, -0.1) is 0 Å². The first-order valence-corrected chi connectivity index (χ1v) is 11.3. The van der Waals surface area contributed by atoms with Gasteiger partial charge in [0.15, 0.2) is 0 Å². The zero-order valence-corrected chi connectivity index (χ0v) is 17.0. The predicted octanol–water partition coefficient (Wildman–Crippen LogP) is 4.19. The third kappa shape index (κ3) is 4.42. The molecule has 0 spiro atoms. The molecule has 1 N–H and O–H groups in total. The fourth-order valence-corrected chi connectivity index (χ4v) is 5.34. The SMILES string of the molecule is O=C(CCCC(=O)N1CCCC2CCCCC21)NCC1(c2ccccc2)CC1. The fourth-order valence-electron chi connectivity index (χ4n) is 5.34. The van der Waals surface area contributed by atoms with E-state index in [0.29, 0.717) is 25.3 Å². The Morgan fingerprint density at radius 3 is 2.54 bits per heavy atom. The van der Waals surface area contributed by atoms with E-state index in [1.165, 1.54) is 37.7 Å². The van der Waals surface area contributed by atoms with E-state index in [4.69, 9.17) is 0 Å². The van der Waals surface area contributed by atoms with Crippen LogP contribution < -0.4 is 5.32 Å². The van der Waals surface area contributed by atoms with Crippen LogP contribution in [0.3, 0.4) is 0 Å². The minimum Gasteiger partial charge on any atom is -0.355 e. The molecule has 2 aliphatic carbocycles. The Morgan fingerprint density at radius 1 is 1.00 bits per heavy atom. The molecule has 3 fully saturated rings. The third-order valence-electron chi connectivity index (χ3n) is 7.22. The summed E-state index contributed by atoms with van der Waals surface area (Å²) in [6.45, 7) is 1.64. The summed E-state index contributed by atoms with van der Waals surface area (Å²) in [6, 6.07) is 11.0. The second-order valence-corrected chi connectivity index (χ2v) is 9.12. The Labute approximate surface area is 169 Å². The van der Waals surface area contributed by atoms with Gasteiger partial charge in [0, 0.05) is 37.4 Å². The van der Waals surface area contributed by atoms with E-state index in [0.717, 1.165) is 38.3 Å². The lowest BCUT2D eigenvalue weighted by molar-refractivity contribution is -0.137. The lowest BCUT2D eigenvalue weighted by atomic mass is 9.78. The normalized spacial score (nSPS) is 25.6. The van der Waals surface area contributed by atoms with Crippen molar-refractivity contribution in [2.45, 2.75) is 82.1 Å². The molecule has 1 saturated heterocycles. The van der Waals surface area contributed by atoms with Crippen molar-refractivity contribution in [2.24, 2.45) is 5.92 Å². The summed E-state index contributed by atoms with van der Waals surface area (Å²) in [7, 11) is 0. The van der Waals surface area contributed by atoms with Crippen molar-refractivity contribution in [3.63, 3.8) is 0 Å². The number of likely N-dealkylation sites (tertiary alicyclic amines) is 1. The highest BCUT2D eigenvalue weighted by molar-refractivity contribution is 5.79. The van der Waals surface area contributed by atoms with Gasteiger partial charge < -0.3 is 10.2 Å². The number of benzene rings is 1. The highest BCUT2D eigenvalue weighted by Gasteiger charge is 2.44. The highest BCUT2D eigenvalue weighted by atomic mass is 16.2. The van der Waals surface area contributed by atoms with Gasteiger partial charge in [0.25, 0.3) is 0 Å². The summed E-state index contributed by atoms with van der Waals surface area (Å²) in [5, 5.41) is 3.12. The largest absolute Gasteiger partial charge is 0.355 e. The standard InChI is InChI=1S/C24H34N2O2/c27-22(25-18-24(15-16-24)20-10-2-1-3-11-20)13-6-14-23(28)26-17-7-9-19-8-4-5-12-21(19)26/h1-3,10-11,19,21H,4-9,12-18H2,(H,25,27). The lowest BCUT2D eigenvalue weighted by Crippen LogP contribution is -2.49. The van der Waals surface area contributed by atoms with Gasteiger partial charge in [-0.3, -0.25) is 9.59 Å². The van der Waals surface area contributed by atoms with Crippen LogP contribution >= 0.6 is 0 Å². The van der Waals surface area contributed by atoms with Crippen LogP contribution in [0.1, 0.15) is 76.2 Å². The molecule has 1 heterocycles. The number of rotatable bonds is 7. The molecule has 0 radical (unpaired) electrons. The van der Waals surface area contributed by atoms with Crippen LogP contribution in [-0.4, -0.2) is 35.8 Å². The van der Waals surface area contributed by atoms with E-state index >= 15 is 0 Å². The predicted molar refractivity (Wildman–Crippen MR) is 111 cm³/mol. The summed E-state index contributed by atoms with van der Waals surface area (Å²) < 4.78 is 0. The van der Waals surface area contributed by atoms with Gasteiger partial charge in [-0.1, -0.05) is 43.2 Å². The van der Waals surface area contributed by atoms with Crippen LogP contribution in [0.4, 0.5) is 0 Å². The average Bonchev–Trinajstić information content (AvgIpc) is 3.54. The van der Waals surface area contributed by atoms with Crippen molar-refractivity contribution >= 4 is 11.8 Å². The van der Waals surface area contributed by atoms with Gasteiger partial charge in [0.2, 0.25) is 11.8 Å². The molecule has 1 aromatic carbocycles. The molecule has 0 aromatic heterocycles. The number of hydrogen-bond acceptors (Lipinski definition) is 2. The van der Waals surface area contributed by atoms with Gasteiger partial charge in [-0.25, -0.2) is 0 Å². The molecular weight excluding hydrogens is 348 g/mol. The summed E-state index contributed by atoms with van der Waals surface area (Å²) in [4.78, 5) is 27.2. The molecule has 4 rings (SSSR count). The van der Waals surface area contributed by atoms with Crippen molar-refractivity contribution in [1.29, 1.82) is 0 Å². The number of piperidine rings is 1. The van der Waals surface area contributed by atoms with Gasteiger partial charge in [-0.05, 0) is 56.4 Å². The molecule has 2 atom stereocenters. The maximum absolute atomic E-state index is 12.7. The highest BCUT2D eigenvalue weighted by Crippen LogP contribution is 2.47. The number of amides is 2. The molecule has 1 aromatic rings. The summed E-state index contributed by atoms with van der Waals surface area (Å²) in [5.41, 5.74) is 1.48. The van der Waals surface area contributed by atoms with Gasteiger partial charge in [-0.2, -0.15) is 0 Å². The number of nitrogens with one attached hydrogen (secondary N) is 1. The molecule has 3 aliphatic rings. The summed E-state index contributed by atoms with van der Waals surface area (Å²) in [6.07, 6.45) is 11.4. The van der Waals surface area contributed by atoms with Crippen molar-refractivity contribution < 1.29 is 9.59 Å². The zero-order valence-electron chi connectivity index (χ0n) is 17.0. The molecule has 4 nitrogen and oxygen atoms in total. The van der Waals surface area contributed by atoms with Gasteiger partial charge in [0.1, 0.15) is 0 Å². The van der Waals surface area contributed by atoms with Crippen LogP contribution in [-0.2, 0) is 15.0 Å². The van der Waals surface area contributed by atoms with Crippen molar-refractivity contribution in [3.8, 4) is 0 Å². The smallest absolute Gasteiger partial charge is 0.222 e. The van der Waals surface area contributed by atoms with E-state index in [1.54, 1.807) is 0 Å². The topological polar surface area (TPSA) is 49.4 Å². The lowest BCUT2D eigenvalue weighted by Gasteiger charge is -2.44. The van der Waals surface area contributed by atoms with E-state index in [-0.39, 0.29) is 17.2 Å². The zero-order chi connectivity index (χ0) is 19.4. The first kappa shape index (κ1) is 19.5. The molecular formula is C24H34N2O2. The average molecular weight is 383 g/mol. The molecule has 28 heavy (non-hydrogen) atoms. The first-order chi connectivity index (χ1) is 13.7. The minimum atomic E-state index is 0.0872. The number of fused-ring (bicyclic) bond motifs is 1. The molecule has 152 valence electrons. The van der Waals surface area contributed by atoms with Gasteiger partial charge in [0.05, 0.1) is 0 Å². The number of hydrogen-bond donors (Lipinski definition) is 1. The second-order valence-electron chi connectivity index (χ2n) is 9.12. The Kier molecular flexibility index (Phi) is 6.03. The Hall–Kier alpha value is -1.84. The number of carbonyl (C=O) groups excluding carboxylic acids is 2. The van der Waals surface area contributed by atoms with E-state index < -0.39 is 0 Å². The summed E-state index contributed by atoms with van der Waals surface area (Å²) in [5.74, 6) is 1.08. The number of nitrogens with zero attached hydrogens (tertiary/aromatic N) is 1. The Morgan fingerprint density at radius 2 is 1.75 bits per heavy atom. The molecule has 1 aliphatic heterocycles. The van der Waals surface area contributed by atoms with Crippen LogP contribution in [0, 0.1) is 5.92 Å². The summed E-state index contributed by atoms with van der Waals surface area (Å²) >= 11 is 0. The van der Waals surface area contributed by atoms with E-state index in [2.05, 4.69) is 34.5 Å². The first-order valence-electron chi connectivity index (χ1n) is 11.3. The van der Waals surface area contributed by atoms with Crippen LogP contribution in [0.25, 0.3) is 0 Å². The minimum absolute atomic E-state index is 0.0872. The van der Waals surface area contributed by atoms with E-state index in [9.17, 15) is 9.59 Å². The van der Waals surface area contributed by atoms with Crippen molar-refractivity contribution in [3.05, 3.63) is 35.9 Å². The Balaban J connectivity index is 1.19. The van der Waals surface area contributed by atoms with Crippen LogP contribution in [0.2, 0.25) is 0 Å². The molecule has 2 saturated carbocycles. The number of carbonyl (C=O) groups is 2. The van der Waals surface area contributed by atoms with Crippen molar-refractivity contribution in [1.82, 2.24) is 10.2 Å². The molecule has 4 heteroatoms. The monoisotopic (exact) mass is 382 g/mol. The maximum Gasteiger partial charge on any atom is 0.222 e. The maximum atomic E-state index is 12.7. The molecule has 2 unspecified atom stereocenters. The Bertz CT molecular complexity index is 681. The third-order valence-corrected chi connectivity index (χ3v) is 7.22. The fraction of sp³-hybridized carbons (Fsp3) is 0.667. The van der Waals surface area contributed by atoms with Crippen LogP contribution in [0.15, 0.2) is 30.3 Å². The quantitative estimate of drug-likeness (QED) is 0.769. The van der Waals surface area contributed by atoms with E-state index in [1.807, 2.05) is 6.07 Å². The molecule has 2 amide bonds. The second kappa shape index (κ2) is 8.67. The van der Waals surface area contributed by atoms with Crippen LogP contribution in [0.5, 0.6) is 0 Å².